The summed E-state index contributed by atoms with van der Waals surface area (Å²) >= 11 is 27.7. The Morgan fingerprint density at radius 1 is 0.714 bits per heavy atom. The van der Waals surface area contributed by atoms with Crippen molar-refractivity contribution in [3.05, 3.63) is 86.8 Å². The van der Waals surface area contributed by atoms with Crippen LogP contribution in [0.1, 0.15) is 0 Å². The molecule has 0 atom stereocenters. The van der Waals surface area contributed by atoms with Crippen molar-refractivity contribution in [2.45, 2.75) is 20.0 Å². The van der Waals surface area contributed by atoms with Gasteiger partial charge in [-0.2, -0.15) is 0 Å². The number of nitrogens with zero attached hydrogens (tertiary/aromatic N) is 3. The molecule has 2 aromatic heterocycles. The molecular formula is C25H15Cl4N3OS2. The molecule has 4 nitrogen and oxygen atoms in total. The Kier molecular flexibility index (Phi) is 7.13. The number of phenols is 1. The molecule has 0 bridgehead atoms. The number of benzene rings is 3. The largest absolute Gasteiger partial charge is 0.508 e. The fourth-order valence-corrected chi connectivity index (χ4v) is 6.78. The van der Waals surface area contributed by atoms with E-state index in [-0.39, 0.29) is 5.75 Å². The minimum atomic E-state index is 0.209. The zero-order chi connectivity index (χ0) is 24.7. The van der Waals surface area contributed by atoms with Crippen molar-refractivity contribution in [3.8, 4) is 17.0 Å². The number of rotatable bonds is 5. The predicted octanol–water partition coefficient (Wildman–Crippen LogP) is 9.26. The van der Waals surface area contributed by atoms with Gasteiger partial charge in [0.15, 0.2) is 5.16 Å². The number of phenolic OH excluding ortho intramolecular Hbond substituents is 1. The summed E-state index contributed by atoms with van der Waals surface area (Å²) in [5.41, 5.74) is 2.64. The minimum absolute atomic E-state index is 0.209. The molecule has 5 rings (SSSR count). The van der Waals surface area contributed by atoms with Gasteiger partial charge in [-0.25, -0.2) is 9.97 Å². The molecule has 1 N–H and O–H groups in total. The summed E-state index contributed by atoms with van der Waals surface area (Å²) in [6.07, 6.45) is 0. The number of hydrogen-bond donors (Lipinski definition) is 1. The SMILES string of the molecule is Cn1c(-c2ccc(O)cc2)cc2c(Sc3cc(Cl)cc(Cl)c3)nc(Sc3cc(Cl)cc(Cl)c3)nc21. The van der Waals surface area contributed by atoms with Crippen molar-refractivity contribution >= 4 is 81.0 Å². The summed E-state index contributed by atoms with van der Waals surface area (Å²) in [5, 5.41) is 14.1. The molecule has 35 heavy (non-hydrogen) atoms. The maximum atomic E-state index is 9.71. The molecule has 10 heteroatoms. The zero-order valence-corrected chi connectivity index (χ0v) is 22.6. The van der Waals surface area contributed by atoms with E-state index in [0.29, 0.717) is 25.2 Å². The molecule has 0 aliphatic rings. The van der Waals surface area contributed by atoms with E-state index in [1.54, 1.807) is 24.3 Å². The molecule has 0 fully saturated rings. The molecule has 0 aliphatic carbocycles. The van der Waals surface area contributed by atoms with Crippen molar-refractivity contribution in [1.82, 2.24) is 14.5 Å². The van der Waals surface area contributed by atoms with E-state index in [4.69, 9.17) is 56.4 Å². The van der Waals surface area contributed by atoms with Crippen LogP contribution in [0.2, 0.25) is 20.1 Å². The lowest BCUT2D eigenvalue weighted by atomic mass is 10.1. The van der Waals surface area contributed by atoms with Crippen LogP contribution in [0.4, 0.5) is 0 Å². The second-order valence-electron chi connectivity index (χ2n) is 7.60. The monoisotopic (exact) mass is 577 g/mol. The van der Waals surface area contributed by atoms with Gasteiger partial charge in [0.05, 0.1) is 11.1 Å². The van der Waals surface area contributed by atoms with Gasteiger partial charge in [0.1, 0.15) is 16.4 Å². The molecule has 3 aromatic carbocycles. The van der Waals surface area contributed by atoms with Crippen LogP contribution in [-0.4, -0.2) is 19.6 Å². The number of hydrogen-bond acceptors (Lipinski definition) is 5. The Morgan fingerprint density at radius 3 is 1.83 bits per heavy atom. The molecule has 0 unspecified atom stereocenters. The van der Waals surface area contributed by atoms with Gasteiger partial charge < -0.3 is 9.67 Å². The third-order valence-corrected chi connectivity index (χ3v) is 7.77. The first-order valence-electron chi connectivity index (χ1n) is 10.2. The van der Waals surface area contributed by atoms with Crippen molar-refractivity contribution < 1.29 is 5.11 Å². The lowest BCUT2D eigenvalue weighted by Crippen LogP contribution is -1.97. The summed E-state index contributed by atoms with van der Waals surface area (Å²) < 4.78 is 2.01. The van der Waals surface area contributed by atoms with Gasteiger partial charge in [-0.1, -0.05) is 58.2 Å². The van der Waals surface area contributed by atoms with Crippen LogP contribution in [0.15, 0.2) is 86.7 Å². The lowest BCUT2D eigenvalue weighted by Gasteiger charge is -2.08. The predicted molar refractivity (Wildman–Crippen MR) is 147 cm³/mol. The van der Waals surface area contributed by atoms with Crippen LogP contribution in [0.25, 0.3) is 22.3 Å². The molecule has 0 amide bonds. The average molecular weight is 579 g/mol. The highest BCUT2D eigenvalue weighted by molar-refractivity contribution is 8.00. The second-order valence-corrected chi connectivity index (χ2v) is 11.4. The molecule has 0 saturated carbocycles. The summed E-state index contributed by atoms with van der Waals surface area (Å²) in [6.45, 7) is 0. The molecule has 176 valence electrons. The molecule has 2 heterocycles. The van der Waals surface area contributed by atoms with Gasteiger partial charge in [-0.15, -0.1) is 0 Å². The molecule has 0 radical (unpaired) electrons. The third-order valence-electron chi connectivity index (χ3n) is 5.09. The smallest absolute Gasteiger partial charge is 0.195 e. The highest BCUT2D eigenvalue weighted by atomic mass is 35.5. The van der Waals surface area contributed by atoms with E-state index >= 15 is 0 Å². The van der Waals surface area contributed by atoms with Gasteiger partial charge in [0.2, 0.25) is 0 Å². The molecule has 0 aliphatic heterocycles. The summed E-state index contributed by atoms with van der Waals surface area (Å²) in [5.74, 6) is 0.209. The van der Waals surface area contributed by atoms with Crippen LogP contribution >= 0.6 is 69.9 Å². The van der Waals surface area contributed by atoms with Crippen LogP contribution in [0.5, 0.6) is 5.75 Å². The van der Waals surface area contributed by atoms with E-state index in [1.165, 1.54) is 23.5 Å². The number of aryl methyl sites for hydroxylation is 1. The summed E-state index contributed by atoms with van der Waals surface area (Å²) in [7, 11) is 1.95. The minimum Gasteiger partial charge on any atom is -0.508 e. The Bertz CT molecular complexity index is 1530. The van der Waals surface area contributed by atoms with E-state index in [0.717, 1.165) is 37.1 Å². The summed E-state index contributed by atoms with van der Waals surface area (Å²) in [6, 6.07) is 19.8. The van der Waals surface area contributed by atoms with E-state index < -0.39 is 0 Å². The number of aromatic hydroxyl groups is 1. The Hall–Kier alpha value is -2.06. The highest BCUT2D eigenvalue weighted by Crippen LogP contribution is 2.39. The summed E-state index contributed by atoms with van der Waals surface area (Å²) in [4.78, 5) is 11.4. The van der Waals surface area contributed by atoms with Crippen molar-refractivity contribution in [2.75, 3.05) is 0 Å². The number of aromatic nitrogens is 3. The topological polar surface area (TPSA) is 50.9 Å². The maximum absolute atomic E-state index is 9.71. The first-order chi connectivity index (χ1) is 16.7. The van der Waals surface area contributed by atoms with E-state index in [9.17, 15) is 5.11 Å². The van der Waals surface area contributed by atoms with Crippen LogP contribution in [0.3, 0.4) is 0 Å². The fourth-order valence-electron chi connectivity index (χ4n) is 3.57. The van der Waals surface area contributed by atoms with Crippen molar-refractivity contribution in [2.24, 2.45) is 7.05 Å². The fraction of sp³-hybridized carbons (Fsp3) is 0.0400. The quantitative estimate of drug-likeness (QED) is 0.166. The van der Waals surface area contributed by atoms with Gasteiger partial charge in [-0.3, -0.25) is 0 Å². The molecule has 0 saturated heterocycles. The molecule has 5 aromatic rings. The Labute approximate surface area is 230 Å². The second kappa shape index (κ2) is 10.1. The first-order valence-corrected chi connectivity index (χ1v) is 13.3. The van der Waals surface area contributed by atoms with Gasteiger partial charge in [-0.05, 0) is 84.1 Å². The number of halogens is 4. The Balaban J connectivity index is 1.66. The van der Waals surface area contributed by atoms with Crippen molar-refractivity contribution in [3.63, 3.8) is 0 Å². The standard InChI is InChI=1S/C25H15Cl4N3OS2/c1-32-22(13-2-4-18(33)5-3-13)12-21-23(32)30-25(35-20-10-16(28)7-17(29)11-20)31-24(21)34-19-8-14(26)6-15(27)9-19/h2-12,33H,1H3. The van der Waals surface area contributed by atoms with E-state index in [1.807, 2.05) is 54.1 Å². The average Bonchev–Trinajstić information content (AvgIpc) is 3.10. The van der Waals surface area contributed by atoms with Crippen LogP contribution < -0.4 is 0 Å². The maximum Gasteiger partial charge on any atom is 0.195 e. The Morgan fingerprint density at radius 2 is 1.26 bits per heavy atom. The van der Waals surface area contributed by atoms with Crippen LogP contribution in [-0.2, 0) is 7.05 Å². The lowest BCUT2D eigenvalue weighted by molar-refractivity contribution is 0.475. The van der Waals surface area contributed by atoms with Crippen LogP contribution in [0, 0.1) is 0 Å². The van der Waals surface area contributed by atoms with Gasteiger partial charge >= 0.3 is 0 Å². The molecular weight excluding hydrogens is 564 g/mol. The molecule has 0 spiro atoms. The van der Waals surface area contributed by atoms with Crippen molar-refractivity contribution in [1.29, 1.82) is 0 Å². The third kappa shape index (κ3) is 5.53. The zero-order valence-electron chi connectivity index (χ0n) is 18.0. The normalized spacial score (nSPS) is 11.3. The van der Waals surface area contributed by atoms with Gasteiger partial charge in [0.25, 0.3) is 0 Å². The van der Waals surface area contributed by atoms with Gasteiger partial charge in [0, 0.05) is 36.9 Å². The highest BCUT2D eigenvalue weighted by Gasteiger charge is 2.18. The number of fused-ring (bicyclic) bond motifs is 1. The first kappa shape index (κ1) is 24.6. The van der Waals surface area contributed by atoms with E-state index in [2.05, 4.69) is 0 Å².